The maximum atomic E-state index is 6.21. The van der Waals surface area contributed by atoms with Crippen LogP contribution in [0.1, 0.15) is 30.9 Å². The van der Waals surface area contributed by atoms with E-state index in [4.69, 9.17) is 11.6 Å². The van der Waals surface area contributed by atoms with Crippen LogP contribution in [0.4, 0.5) is 5.82 Å². The minimum atomic E-state index is 0.304. The maximum Gasteiger partial charge on any atom is 0.138 e. The number of rotatable bonds is 5. The van der Waals surface area contributed by atoms with Crippen molar-refractivity contribution in [3.63, 3.8) is 0 Å². The number of aromatic nitrogens is 2. The van der Waals surface area contributed by atoms with Gasteiger partial charge in [-0.1, -0.05) is 55.8 Å². The average molecular weight is 290 g/mol. The predicted octanol–water partition coefficient (Wildman–Crippen LogP) is 3.93. The van der Waals surface area contributed by atoms with Gasteiger partial charge < -0.3 is 4.90 Å². The van der Waals surface area contributed by atoms with Crippen LogP contribution < -0.4 is 4.90 Å². The number of nitrogens with zero attached hydrogens (tertiary/aromatic N) is 3. The van der Waals surface area contributed by atoms with Crippen molar-refractivity contribution in [1.29, 1.82) is 0 Å². The molecule has 0 saturated carbocycles. The molecule has 1 heterocycles. The number of halogens is 1. The lowest BCUT2D eigenvalue weighted by Gasteiger charge is -2.23. The molecule has 106 valence electrons. The lowest BCUT2D eigenvalue weighted by atomic mass is 10.1. The first-order chi connectivity index (χ1) is 9.59. The van der Waals surface area contributed by atoms with Crippen molar-refractivity contribution in [1.82, 2.24) is 9.97 Å². The molecular weight excluding hydrogens is 270 g/mol. The monoisotopic (exact) mass is 289 g/mol. The fourth-order valence-corrected chi connectivity index (χ4v) is 2.56. The lowest BCUT2D eigenvalue weighted by Crippen LogP contribution is -2.23. The van der Waals surface area contributed by atoms with E-state index in [0.717, 1.165) is 24.3 Å². The smallest absolute Gasteiger partial charge is 0.138 e. The Bertz CT molecular complexity index is 555. The second-order valence-corrected chi connectivity index (χ2v) is 5.57. The van der Waals surface area contributed by atoms with Crippen LogP contribution in [0, 0.1) is 0 Å². The summed E-state index contributed by atoms with van der Waals surface area (Å²) in [5.41, 5.74) is 2.34. The maximum absolute atomic E-state index is 6.21. The van der Waals surface area contributed by atoms with Gasteiger partial charge in [0, 0.05) is 19.2 Å². The van der Waals surface area contributed by atoms with Gasteiger partial charge in [-0.3, -0.25) is 0 Å². The van der Waals surface area contributed by atoms with Crippen LogP contribution in [-0.4, -0.2) is 23.6 Å². The van der Waals surface area contributed by atoms with Crippen molar-refractivity contribution in [2.75, 3.05) is 18.5 Å². The molecule has 3 nitrogen and oxygen atoms in total. The SMILES string of the molecule is CC(C)c1c(Cl)ncnc1N(C)CCc1ccccc1. The first kappa shape index (κ1) is 14.8. The molecule has 2 rings (SSSR count). The largest absolute Gasteiger partial charge is 0.359 e. The molecule has 1 aromatic carbocycles. The van der Waals surface area contributed by atoms with Gasteiger partial charge in [0.2, 0.25) is 0 Å². The Morgan fingerprint density at radius 2 is 1.85 bits per heavy atom. The minimum absolute atomic E-state index is 0.304. The zero-order chi connectivity index (χ0) is 14.5. The first-order valence-electron chi connectivity index (χ1n) is 6.85. The van der Waals surface area contributed by atoms with Crippen LogP contribution in [0.5, 0.6) is 0 Å². The van der Waals surface area contributed by atoms with Crippen LogP contribution in [0.15, 0.2) is 36.7 Å². The molecule has 0 fully saturated rings. The van der Waals surface area contributed by atoms with Crippen molar-refractivity contribution < 1.29 is 0 Å². The average Bonchev–Trinajstić information content (AvgIpc) is 2.45. The molecule has 0 N–H and O–H groups in total. The molecule has 0 aliphatic heterocycles. The van der Waals surface area contributed by atoms with E-state index < -0.39 is 0 Å². The van der Waals surface area contributed by atoms with E-state index in [9.17, 15) is 0 Å². The van der Waals surface area contributed by atoms with Gasteiger partial charge in [-0.05, 0) is 17.9 Å². The minimum Gasteiger partial charge on any atom is -0.359 e. The van der Waals surface area contributed by atoms with Crippen molar-refractivity contribution >= 4 is 17.4 Å². The molecule has 0 unspecified atom stereocenters. The Labute approximate surface area is 125 Å². The van der Waals surface area contributed by atoms with Crippen LogP contribution in [0.3, 0.4) is 0 Å². The zero-order valence-electron chi connectivity index (χ0n) is 12.2. The third-order valence-electron chi connectivity index (χ3n) is 3.33. The van der Waals surface area contributed by atoms with Crippen LogP contribution in [-0.2, 0) is 6.42 Å². The summed E-state index contributed by atoms with van der Waals surface area (Å²) in [5.74, 6) is 1.23. The number of benzene rings is 1. The normalized spacial score (nSPS) is 10.8. The predicted molar refractivity (Wildman–Crippen MR) is 84.5 cm³/mol. The summed E-state index contributed by atoms with van der Waals surface area (Å²) in [4.78, 5) is 10.6. The van der Waals surface area contributed by atoms with Crippen molar-refractivity contribution in [3.05, 3.63) is 52.9 Å². The van der Waals surface area contributed by atoms with Crippen molar-refractivity contribution in [3.8, 4) is 0 Å². The number of hydrogen-bond acceptors (Lipinski definition) is 3. The number of hydrogen-bond donors (Lipinski definition) is 0. The highest BCUT2D eigenvalue weighted by Crippen LogP contribution is 2.29. The molecule has 0 aliphatic rings. The highest BCUT2D eigenvalue weighted by Gasteiger charge is 2.16. The van der Waals surface area contributed by atoms with E-state index in [1.807, 2.05) is 13.1 Å². The molecular formula is C16H20ClN3. The fraction of sp³-hybridized carbons (Fsp3) is 0.375. The standard InChI is InChI=1S/C16H20ClN3/c1-12(2)14-15(17)18-11-19-16(14)20(3)10-9-13-7-5-4-6-8-13/h4-8,11-12H,9-10H2,1-3H3. The number of likely N-dealkylation sites (N-methyl/N-ethyl adjacent to an activating group) is 1. The summed E-state index contributed by atoms with van der Waals surface area (Å²) in [5, 5.41) is 0.552. The highest BCUT2D eigenvalue weighted by atomic mass is 35.5. The molecule has 0 spiro atoms. The van der Waals surface area contributed by atoms with Gasteiger partial charge in [0.25, 0.3) is 0 Å². The summed E-state index contributed by atoms with van der Waals surface area (Å²) < 4.78 is 0. The topological polar surface area (TPSA) is 29.0 Å². The van der Waals surface area contributed by atoms with Crippen molar-refractivity contribution in [2.45, 2.75) is 26.2 Å². The van der Waals surface area contributed by atoms with Gasteiger partial charge in [-0.15, -0.1) is 0 Å². The van der Waals surface area contributed by atoms with Crippen LogP contribution >= 0.6 is 11.6 Å². The Kier molecular flexibility index (Phi) is 4.96. The molecule has 20 heavy (non-hydrogen) atoms. The Morgan fingerprint density at radius 1 is 1.15 bits per heavy atom. The van der Waals surface area contributed by atoms with Gasteiger partial charge in [0.05, 0.1) is 0 Å². The van der Waals surface area contributed by atoms with Crippen LogP contribution in [0.25, 0.3) is 0 Å². The van der Waals surface area contributed by atoms with E-state index in [1.165, 1.54) is 11.9 Å². The van der Waals surface area contributed by atoms with E-state index >= 15 is 0 Å². The van der Waals surface area contributed by atoms with Gasteiger partial charge in [-0.2, -0.15) is 0 Å². The molecule has 0 aliphatic carbocycles. The first-order valence-corrected chi connectivity index (χ1v) is 7.23. The summed E-state index contributed by atoms with van der Waals surface area (Å²) in [6.45, 7) is 5.12. The molecule has 2 aromatic rings. The lowest BCUT2D eigenvalue weighted by molar-refractivity contribution is 0.799. The molecule has 0 saturated heterocycles. The summed E-state index contributed by atoms with van der Waals surface area (Å²) in [6, 6.07) is 10.5. The molecule has 0 atom stereocenters. The zero-order valence-corrected chi connectivity index (χ0v) is 12.9. The molecule has 1 aromatic heterocycles. The van der Waals surface area contributed by atoms with Gasteiger partial charge in [0.1, 0.15) is 17.3 Å². The molecule has 0 radical (unpaired) electrons. The van der Waals surface area contributed by atoms with Gasteiger partial charge in [-0.25, -0.2) is 9.97 Å². The van der Waals surface area contributed by atoms with E-state index in [1.54, 1.807) is 0 Å². The Balaban J connectivity index is 2.13. The van der Waals surface area contributed by atoms with Crippen molar-refractivity contribution in [2.24, 2.45) is 0 Å². The van der Waals surface area contributed by atoms with Gasteiger partial charge in [0.15, 0.2) is 0 Å². The third kappa shape index (κ3) is 3.48. The molecule has 0 bridgehead atoms. The summed E-state index contributed by atoms with van der Waals surface area (Å²) in [7, 11) is 2.05. The number of anilines is 1. The molecule has 0 amide bonds. The second kappa shape index (κ2) is 6.71. The quantitative estimate of drug-likeness (QED) is 0.781. The van der Waals surface area contributed by atoms with E-state index in [-0.39, 0.29) is 0 Å². The Hall–Kier alpha value is -1.61. The fourth-order valence-electron chi connectivity index (χ4n) is 2.21. The van der Waals surface area contributed by atoms with E-state index in [0.29, 0.717) is 11.1 Å². The summed E-state index contributed by atoms with van der Waals surface area (Å²) in [6.07, 6.45) is 2.51. The van der Waals surface area contributed by atoms with Gasteiger partial charge >= 0.3 is 0 Å². The summed E-state index contributed by atoms with van der Waals surface area (Å²) >= 11 is 6.21. The van der Waals surface area contributed by atoms with E-state index in [2.05, 4.69) is 53.0 Å². The third-order valence-corrected chi connectivity index (χ3v) is 3.63. The Morgan fingerprint density at radius 3 is 2.50 bits per heavy atom. The second-order valence-electron chi connectivity index (χ2n) is 5.21. The highest BCUT2D eigenvalue weighted by molar-refractivity contribution is 6.30. The van der Waals surface area contributed by atoms with Crippen LogP contribution in [0.2, 0.25) is 5.15 Å². The molecule has 4 heteroatoms.